The van der Waals surface area contributed by atoms with Gasteiger partial charge in [0, 0.05) is 17.6 Å². The van der Waals surface area contributed by atoms with Gasteiger partial charge in [-0.3, -0.25) is 0 Å². The summed E-state index contributed by atoms with van der Waals surface area (Å²) in [6.07, 6.45) is 0. The lowest BCUT2D eigenvalue weighted by Gasteiger charge is -2.16. The Balaban J connectivity index is 1.68. The molecule has 4 rings (SSSR count). The van der Waals surface area contributed by atoms with E-state index in [0.717, 1.165) is 29.2 Å². The summed E-state index contributed by atoms with van der Waals surface area (Å²) in [5, 5.41) is 12.2. The topological polar surface area (TPSA) is 46.8 Å². The highest BCUT2D eigenvalue weighted by atomic mass is 79.9. The summed E-state index contributed by atoms with van der Waals surface area (Å²) in [7, 11) is 0. The van der Waals surface area contributed by atoms with E-state index in [0.29, 0.717) is 0 Å². The molecule has 1 aromatic heterocycles. The molecule has 3 aromatic rings. The van der Waals surface area contributed by atoms with Gasteiger partial charge in [0.1, 0.15) is 0 Å². The predicted octanol–water partition coefficient (Wildman–Crippen LogP) is 3.25. The zero-order valence-electron chi connectivity index (χ0n) is 12.1. The Morgan fingerprint density at radius 1 is 1.00 bits per heavy atom. The van der Waals surface area contributed by atoms with Crippen LogP contribution < -0.4 is 4.90 Å². The van der Waals surface area contributed by atoms with Gasteiger partial charge in [-0.25, -0.2) is 0 Å². The summed E-state index contributed by atoms with van der Waals surface area (Å²) in [4.78, 5) is 2.19. The maximum atomic E-state index is 4.22. The van der Waals surface area contributed by atoms with Crippen molar-refractivity contribution in [1.82, 2.24) is 20.2 Å². The molecule has 2 aromatic carbocycles. The summed E-state index contributed by atoms with van der Waals surface area (Å²) < 4.78 is 2.90. The van der Waals surface area contributed by atoms with Gasteiger partial charge in [0.25, 0.3) is 5.95 Å². The minimum absolute atomic E-state index is 0.774. The molecule has 1 aliphatic heterocycles. The summed E-state index contributed by atoms with van der Waals surface area (Å²) in [5.74, 6) is 0.774. The van der Waals surface area contributed by atoms with Crippen molar-refractivity contribution in [3.63, 3.8) is 0 Å². The molecule has 0 saturated carbocycles. The van der Waals surface area contributed by atoms with Gasteiger partial charge in [0.15, 0.2) is 0 Å². The van der Waals surface area contributed by atoms with E-state index in [1.165, 1.54) is 16.7 Å². The molecule has 0 unspecified atom stereocenters. The highest BCUT2D eigenvalue weighted by Crippen LogP contribution is 2.29. The maximum absolute atomic E-state index is 4.22. The first-order valence-corrected chi connectivity index (χ1v) is 7.88. The second-order valence-electron chi connectivity index (χ2n) is 5.50. The lowest BCUT2D eigenvalue weighted by Crippen LogP contribution is -2.19. The molecular formula is C16H14BrN5. The molecule has 0 spiro atoms. The zero-order chi connectivity index (χ0) is 15.1. The smallest absolute Gasteiger partial charge is 0.250 e. The summed E-state index contributed by atoms with van der Waals surface area (Å²) in [5.41, 5.74) is 4.83. The van der Waals surface area contributed by atoms with Crippen molar-refractivity contribution < 1.29 is 0 Å². The number of fused-ring (bicyclic) bond motifs is 1. The third kappa shape index (κ3) is 2.29. The Labute approximate surface area is 136 Å². The quantitative estimate of drug-likeness (QED) is 0.707. The molecule has 2 heterocycles. The summed E-state index contributed by atoms with van der Waals surface area (Å²) in [6.45, 7) is 3.72. The molecule has 110 valence electrons. The number of benzene rings is 2. The van der Waals surface area contributed by atoms with Gasteiger partial charge in [0.05, 0.1) is 5.69 Å². The Morgan fingerprint density at radius 3 is 2.59 bits per heavy atom. The average Bonchev–Trinajstić information content (AvgIpc) is 3.13. The minimum atomic E-state index is 0.774. The van der Waals surface area contributed by atoms with E-state index in [1.807, 2.05) is 12.1 Å². The fraction of sp³-hybridized carbons (Fsp3) is 0.188. The lowest BCUT2D eigenvalue weighted by atomic mass is 10.1. The number of hydrogen-bond donors (Lipinski definition) is 0. The van der Waals surface area contributed by atoms with Crippen molar-refractivity contribution in [3.05, 3.63) is 63.6 Å². The molecule has 0 aliphatic carbocycles. The number of hydrogen-bond acceptors (Lipinski definition) is 4. The number of nitrogens with zero attached hydrogens (tertiary/aromatic N) is 5. The monoisotopic (exact) mass is 355 g/mol. The predicted molar refractivity (Wildman–Crippen MR) is 87.9 cm³/mol. The average molecular weight is 356 g/mol. The third-order valence-electron chi connectivity index (χ3n) is 3.91. The highest BCUT2D eigenvalue weighted by molar-refractivity contribution is 9.10. The van der Waals surface area contributed by atoms with E-state index >= 15 is 0 Å². The van der Waals surface area contributed by atoms with E-state index in [1.54, 1.807) is 4.68 Å². The molecule has 0 fully saturated rings. The normalized spacial score (nSPS) is 13.5. The standard InChI is InChI=1S/C16H14BrN5/c1-11-2-6-15(7-3-11)22-16(18-19-20-22)21-9-12-4-5-14(17)8-13(12)10-21/h2-8H,9-10H2,1H3. The number of tetrazole rings is 1. The van der Waals surface area contributed by atoms with Crippen LogP contribution in [0.25, 0.3) is 5.69 Å². The van der Waals surface area contributed by atoms with Gasteiger partial charge in [0.2, 0.25) is 0 Å². The molecule has 0 N–H and O–H groups in total. The number of aromatic nitrogens is 4. The van der Waals surface area contributed by atoms with Crippen LogP contribution in [0.2, 0.25) is 0 Å². The first kappa shape index (κ1) is 13.5. The van der Waals surface area contributed by atoms with E-state index in [2.05, 4.69) is 73.6 Å². The Bertz CT molecular complexity index is 825. The van der Waals surface area contributed by atoms with Crippen molar-refractivity contribution in [2.24, 2.45) is 0 Å². The molecule has 0 amide bonds. The van der Waals surface area contributed by atoms with Crippen LogP contribution in [-0.2, 0) is 13.1 Å². The largest absolute Gasteiger partial charge is 0.331 e. The molecule has 0 bridgehead atoms. The van der Waals surface area contributed by atoms with Crippen LogP contribution in [-0.4, -0.2) is 20.2 Å². The van der Waals surface area contributed by atoms with Gasteiger partial charge < -0.3 is 4.90 Å². The van der Waals surface area contributed by atoms with Crippen LogP contribution in [0.5, 0.6) is 0 Å². The van der Waals surface area contributed by atoms with Crippen molar-refractivity contribution in [1.29, 1.82) is 0 Å². The van der Waals surface area contributed by atoms with Crippen molar-refractivity contribution in [2.75, 3.05) is 4.90 Å². The Hall–Kier alpha value is -2.21. The minimum Gasteiger partial charge on any atom is -0.331 e. The molecule has 1 aliphatic rings. The van der Waals surface area contributed by atoms with Gasteiger partial charge in [-0.05, 0) is 52.7 Å². The van der Waals surface area contributed by atoms with E-state index in [-0.39, 0.29) is 0 Å². The second kappa shape index (κ2) is 5.21. The van der Waals surface area contributed by atoms with E-state index < -0.39 is 0 Å². The van der Waals surface area contributed by atoms with Crippen LogP contribution >= 0.6 is 15.9 Å². The summed E-state index contributed by atoms with van der Waals surface area (Å²) >= 11 is 3.53. The SMILES string of the molecule is Cc1ccc(-n2nnnc2N2Cc3ccc(Br)cc3C2)cc1. The zero-order valence-corrected chi connectivity index (χ0v) is 13.7. The van der Waals surface area contributed by atoms with Crippen molar-refractivity contribution in [2.45, 2.75) is 20.0 Å². The molecule has 22 heavy (non-hydrogen) atoms. The van der Waals surface area contributed by atoms with Gasteiger partial charge in [-0.15, -0.1) is 0 Å². The van der Waals surface area contributed by atoms with E-state index in [9.17, 15) is 0 Å². The van der Waals surface area contributed by atoms with Crippen LogP contribution in [0.1, 0.15) is 16.7 Å². The van der Waals surface area contributed by atoms with E-state index in [4.69, 9.17) is 0 Å². The highest BCUT2D eigenvalue weighted by Gasteiger charge is 2.24. The maximum Gasteiger partial charge on any atom is 0.250 e. The Morgan fingerprint density at radius 2 is 1.77 bits per heavy atom. The van der Waals surface area contributed by atoms with Crippen LogP contribution in [0.4, 0.5) is 5.95 Å². The molecule has 0 radical (unpaired) electrons. The van der Waals surface area contributed by atoms with Crippen LogP contribution in [0, 0.1) is 6.92 Å². The van der Waals surface area contributed by atoms with Gasteiger partial charge in [-0.2, -0.15) is 4.68 Å². The van der Waals surface area contributed by atoms with Crippen LogP contribution in [0.15, 0.2) is 46.9 Å². The second-order valence-corrected chi connectivity index (χ2v) is 6.41. The first-order valence-electron chi connectivity index (χ1n) is 7.08. The lowest BCUT2D eigenvalue weighted by molar-refractivity contribution is 0.759. The van der Waals surface area contributed by atoms with Gasteiger partial charge in [-0.1, -0.05) is 44.8 Å². The number of aryl methyl sites for hydroxylation is 1. The first-order chi connectivity index (χ1) is 10.7. The van der Waals surface area contributed by atoms with Crippen LogP contribution in [0.3, 0.4) is 0 Å². The summed E-state index contributed by atoms with van der Waals surface area (Å²) in [6, 6.07) is 14.6. The van der Waals surface area contributed by atoms with Crippen molar-refractivity contribution in [3.8, 4) is 5.69 Å². The Kier molecular flexibility index (Phi) is 3.18. The number of rotatable bonds is 2. The molecule has 0 atom stereocenters. The molecule has 0 saturated heterocycles. The fourth-order valence-electron chi connectivity index (χ4n) is 2.74. The fourth-order valence-corrected chi connectivity index (χ4v) is 3.15. The van der Waals surface area contributed by atoms with Gasteiger partial charge >= 0.3 is 0 Å². The molecule has 5 nitrogen and oxygen atoms in total. The number of anilines is 1. The number of halogens is 1. The van der Waals surface area contributed by atoms with Crippen molar-refractivity contribution >= 4 is 21.9 Å². The molecule has 6 heteroatoms. The molecular weight excluding hydrogens is 342 g/mol. The third-order valence-corrected chi connectivity index (χ3v) is 4.40.